The van der Waals surface area contributed by atoms with Crippen LogP contribution >= 0.6 is 11.3 Å². The van der Waals surface area contributed by atoms with Gasteiger partial charge in [-0.05, 0) is 43.3 Å². The van der Waals surface area contributed by atoms with Crippen molar-refractivity contribution < 1.29 is 0 Å². The summed E-state index contributed by atoms with van der Waals surface area (Å²) in [7, 11) is 0. The van der Waals surface area contributed by atoms with Crippen molar-refractivity contribution in [1.82, 2.24) is 4.90 Å². The van der Waals surface area contributed by atoms with Gasteiger partial charge in [0.1, 0.15) is 0 Å². The SMILES string of the molecule is CC(C)(C)C1CCN(Cc2cc(C#CCN)cs2)CC1. The summed E-state index contributed by atoms with van der Waals surface area (Å²) in [4.78, 5) is 3.99. The number of likely N-dealkylation sites (tertiary alicyclic amines) is 1. The van der Waals surface area contributed by atoms with Crippen molar-refractivity contribution in [2.45, 2.75) is 40.2 Å². The van der Waals surface area contributed by atoms with Gasteiger partial charge in [0.15, 0.2) is 0 Å². The van der Waals surface area contributed by atoms with Gasteiger partial charge < -0.3 is 5.73 Å². The van der Waals surface area contributed by atoms with E-state index in [1.807, 2.05) is 11.3 Å². The smallest absolute Gasteiger partial charge is 0.0555 e. The van der Waals surface area contributed by atoms with Crippen molar-refractivity contribution >= 4 is 11.3 Å². The number of piperidine rings is 1. The van der Waals surface area contributed by atoms with Crippen LogP contribution in [0.5, 0.6) is 0 Å². The Morgan fingerprint density at radius 1 is 1.35 bits per heavy atom. The van der Waals surface area contributed by atoms with Gasteiger partial charge in [0.25, 0.3) is 0 Å². The predicted octanol–water partition coefficient (Wildman–Crippen LogP) is 3.32. The highest BCUT2D eigenvalue weighted by Gasteiger charge is 2.28. The summed E-state index contributed by atoms with van der Waals surface area (Å²) in [5, 5.41) is 2.14. The van der Waals surface area contributed by atoms with Gasteiger partial charge in [0, 0.05) is 22.4 Å². The van der Waals surface area contributed by atoms with Gasteiger partial charge in [-0.15, -0.1) is 11.3 Å². The maximum atomic E-state index is 5.40. The summed E-state index contributed by atoms with van der Waals surface area (Å²) >= 11 is 1.81. The Kier molecular flexibility index (Phi) is 5.26. The first-order valence-corrected chi connectivity index (χ1v) is 8.35. The fourth-order valence-corrected chi connectivity index (χ4v) is 3.72. The first kappa shape index (κ1) is 15.6. The zero-order chi connectivity index (χ0) is 14.6. The normalized spacial score (nSPS) is 17.8. The van der Waals surface area contributed by atoms with E-state index in [9.17, 15) is 0 Å². The lowest BCUT2D eigenvalue weighted by atomic mass is 9.75. The van der Waals surface area contributed by atoms with Gasteiger partial charge in [0.05, 0.1) is 6.54 Å². The van der Waals surface area contributed by atoms with Crippen LogP contribution in [0.2, 0.25) is 0 Å². The molecule has 1 aliphatic rings. The third-order valence-electron chi connectivity index (χ3n) is 4.18. The van der Waals surface area contributed by atoms with Gasteiger partial charge in [-0.2, -0.15) is 0 Å². The molecule has 2 N–H and O–H groups in total. The van der Waals surface area contributed by atoms with Crippen molar-refractivity contribution in [3.05, 3.63) is 21.9 Å². The summed E-state index contributed by atoms with van der Waals surface area (Å²) < 4.78 is 0. The number of rotatable bonds is 2. The minimum absolute atomic E-state index is 0.436. The number of hydrogen-bond acceptors (Lipinski definition) is 3. The molecule has 1 aromatic heterocycles. The van der Waals surface area contributed by atoms with E-state index in [4.69, 9.17) is 5.73 Å². The van der Waals surface area contributed by atoms with Crippen LogP contribution in [0.4, 0.5) is 0 Å². The monoisotopic (exact) mass is 290 g/mol. The Labute approximate surface area is 127 Å². The fraction of sp³-hybridized carbons (Fsp3) is 0.647. The lowest BCUT2D eigenvalue weighted by Gasteiger charge is -2.38. The highest BCUT2D eigenvalue weighted by atomic mass is 32.1. The summed E-state index contributed by atoms with van der Waals surface area (Å²) in [5.41, 5.74) is 6.97. The summed E-state index contributed by atoms with van der Waals surface area (Å²) in [6.45, 7) is 11.1. The van der Waals surface area contributed by atoms with Crippen molar-refractivity contribution in [2.75, 3.05) is 19.6 Å². The minimum Gasteiger partial charge on any atom is -0.320 e. The number of thiophene rings is 1. The Morgan fingerprint density at radius 3 is 2.65 bits per heavy atom. The summed E-state index contributed by atoms with van der Waals surface area (Å²) in [5.74, 6) is 6.89. The van der Waals surface area contributed by atoms with Crippen LogP contribution in [0.1, 0.15) is 44.1 Å². The molecule has 0 aromatic carbocycles. The molecule has 0 saturated carbocycles. The zero-order valence-electron chi connectivity index (χ0n) is 12.9. The van der Waals surface area contributed by atoms with E-state index in [0.29, 0.717) is 12.0 Å². The van der Waals surface area contributed by atoms with E-state index < -0.39 is 0 Å². The molecule has 1 saturated heterocycles. The van der Waals surface area contributed by atoms with E-state index in [1.54, 1.807) is 0 Å². The first-order chi connectivity index (χ1) is 9.49. The zero-order valence-corrected chi connectivity index (χ0v) is 13.7. The van der Waals surface area contributed by atoms with E-state index in [1.165, 1.54) is 30.8 Å². The molecule has 1 aromatic rings. The van der Waals surface area contributed by atoms with E-state index >= 15 is 0 Å². The van der Waals surface area contributed by atoms with Crippen molar-refractivity contribution in [3.8, 4) is 11.8 Å². The second kappa shape index (κ2) is 6.76. The van der Waals surface area contributed by atoms with Crippen LogP contribution in [-0.4, -0.2) is 24.5 Å². The summed E-state index contributed by atoms with van der Waals surface area (Å²) in [6.07, 6.45) is 2.66. The Bertz CT molecular complexity index is 479. The largest absolute Gasteiger partial charge is 0.320 e. The third-order valence-corrected chi connectivity index (χ3v) is 5.10. The predicted molar refractivity (Wildman–Crippen MR) is 87.7 cm³/mol. The maximum absolute atomic E-state index is 5.40. The average Bonchev–Trinajstić information content (AvgIpc) is 2.83. The Hall–Kier alpha value is -0.820. The van der Waals surface area contributed by atoms with Crippen molar-refractivity contribution in [2.24, 2.45) is 17.1 Å². The molecule has 1 fully saturated rings. The lowest BCUT2D eigenvalue weighted by Crippen LogP contribution is -2.37. The molecule has 20 heavy (non-hydrogen) atoms. The number of hydrogen-bond donors (Lipinski definition) is 1. The standard InChI is InChI=1S/C17H26N2S/c1-17(2,3)15-6-9-19(10-7-15)12-16-11-14(13-20-16)5-4-8-18/h11,13,15H,6-10,12,18H2,1-3H3. The van der Waals surface area contributed by atoms with Crippen molar-refractivity contribution in [1.29, 1.82) is 0 Å². The second-order valence-corrected chi connectivity index (χ2v) is 7.72. The lowest BCUT2D eigenvalue weighted by molar-refractivity contribution is 0.109. The van der Waals surface area contributed by atoms with Crippen LogP contribution in [0.15, 0.2) is 11.4 Å². The molecule has 0 unspecified atom stereocenters. The summed E-state index contributed by atoms with van der Waals surface area (Å²) in [6, 6.07) is 2.21. The van der Waals surface area contributed by atoms with Crippen LogP contribution in [0.3, 0.4) is 0 Å². The quantitative estimate of drug-likeness (QED) is 0.847. The molecular weight excluding hydrogens is 264 g/mol. The molecule has 2 rings (SSSR count). The van der Waals surface area contributed by atoms with Gasteiger partial charge in [-0.1, -0.05) is 32.6 Å². The second-order valence-electron chi connectivity index (χ2n) is 6.72. The Morgan fingerprint density at radius 2 is 2.05 bits per heavy atom. The minimum atomic E-state index is 0.436. The molecule has 0 spiro atoms. The highest BCUT2D eigenvalue weighted by molar-refractivity contribution is 7.10. The van der Waals surface area contributed by atoms with Crippen LogP contribution in [0, 0.1) is 23.2 Å². The van der Waals surface area contributed by atoms with E-state index in [0.717, 1.165) is 18.0 Å². The maximum Gasteiger partial charge on any atom is 0.0555 e. The average molecular weight is 290 g/mol. The molecule has 0 radical (unpaired) electrons. The first-order valence-electron chi connectivity index (χ1n) is 7.48. The third kappa shape index (κ3) is 4.34. The van der Waals surface area contributed by atoms with Crippen LogP contribution in [0.25, 0.3) is 0 Å². The fourth-order valence-electron chi connectivity index (χ4n) is 2.86. The molecule has 3 heteroatoms. The number of nitrogens with zero attached hydrogens (tertiary/aromatic N) is 1. The van der Waals surface area contributed by atoms with Crippen LogP contribution < -0.4 is 5.73 Å². The molecule has 0 aliphatic carbocycles. The van der Waals surface area contributed by atoms with Crippen LogP contribution in [-0.2, 0) is 6.54 Å². The van der Waals surface area contributed by atoms with Crippen molar-refractivity contribution in [3.63, 3.8) is 0 Å². The highest BCUT2D eigenvalue weighted by Crippen LogP contribution is 2.34. The van der Waals surface area contributed by atoms with E-state index in [-0.39, 0.29) is 0 Å². The number of nitrogens with two attached hydrogens (primary N) is 1. The van der Waals surface area contributed by atoms with Gasteiger partial charge in [0.2, 0.25) is 0 Å². The molecule has 2 nitrogen and oxygen atoms in total. The molecule has 0 amide bonds. The Balaban J connectivity index is 1.85. The molecule has 110 valence electrons. The van der Waals surface area contributed by atoms with Gasteiger partial charge in [-0.25, -0.2) is 0 Å². The topological polar surface area (TPSA) is 29.3 Å². The molecule has 1 aliphatic heterocycles. The molecule has 0 atom stereocenters. The molecule has 2 heterocycles. The van der Waals surface area contributed by atoms with E-state index in [2.05, 4.69) is 49.0 Å². The van der Waals surface area contributed by atoms with Gasteiger partial charge >= 0.3 is 0 Å². The van der Waals surface area contributed by atoms with Gasteiger partial charge in [-0.3, -0.25) is 4.90 Å². The molecule has 0 bridgehead atoms. The molecular formula is C17H26N2S.